The molecule has 2 aromatic rings. The standard InChI is InChI=1S/C22H29FN4O3/c1-16-17(11-25(2)24-16)12-26-9-7-19(8-10-26)27-13-21(30-15-22(27)28)14-29-20-5-3-18(23)4-6-20/h3-6,11,19,21H,7-10,12-15H2,1-2H3/t21-/m0/s1. The smallest absolute Gasteiger partial charge is 0.248 e. The number of carbonyl (C=O) groups is 1. The molecule has 0 N–H and O–H groups in total. The first-order valence-corrected chi connectivity index (χ1v) is 10.5. The molecule has 0 spiro atoms. The summed E-state index contributed by atoms with van der Waals surface area (Å²) in [6.45, 7) is 5.83. The Hall–Kier alpha value is -2.45. The van der Waals surface area contributed by atoms with Crippen molar-refractivity contribution in [2.45, 2.75) is 38.5 Å². The molecule has 0 aliphatic carbocycles. The van der Waals surface area contributed by atoms with Gasteiger partial charge >= 0.3 is 0 Å². The van der Waals surface area contributed by atoms with E-state index < -0.39 is 0 Å². The number of carbonyl (C=O) groups excluding carboxylic acids is 1. The van der Waals surface area contributed by atoms with Crippen molar-refractivity contribution in [2.75, 3.05) is 32.8 Å². The second-order valence-electron chi connectivity index (χ2n) is 8.16. The number of aryl methyl sites for hydroxylation is 2. The summed E-state index contributed by atoms with van der Waals surface area (Å²) in [7, 11) is 1.95. The Morgan fingerprint density at radius 2 is 1.97 bits per heavy atom. The molecule has 0 unspecified atom stereocenters. The van der Waals surface area contributed by atoms with Crippen molar-refractivity contribution in [1.82, 2.24) is 19.6 Å². The van der Waals surface area contributed by atoms with Crippen molar-refractivity contribution in [1.29, 1.82) is 0 Å². The van der Waals surface area contributed by atoms with Crippen LogP contribution in [0.1, 0.15) is 24.1 Å². The molecule has 0 bridgehead atoms. The van der Waals surface area contributed by atoms with Gasteiger partial charge in [0.05, 0.1) is 12.2 Å². The van der Waals surface area contributed by atoms with Gasteiger partial charge < -0.3 is 14.4 Å². The normalized spacial score (nSPS) is 21.2. The Morgan fingerprint density at radius 1 is 1.23 bits per heavy atom. The minimum absolute atomic E-state index is 0.0505. The molecule has 8 heteroatoms. The maximum absolute atomic E-state index is 13.0. The lowest BCUT2D eigenvalue weighted by molar-refractivity contribution is -0.155. The molecule has 7 nitrogen and oxygen atoms in total. The van der Waals surface area contributed by atoms with Gasteiger partial charge in [-0.1, -0.05) is 0 Å². The van der Waals surface area contributed by atoms with Crippen molar-refractivity contribution in [2.24, 2.45) is 7.05 Å². The monoisotopic (exact) mass is 416 g/mol. The summed E-state index contributed by atoms with van der Waals surface area (Å²) in [6, 6.07) is 6.17. The third-order valence-electron chi connectivity index (χ3n) is 5.92. The van der Waals surface area contributed by atoms with Gasteiger partial charge in [0.2, 0.25) is 5.91 Å². The lowest BCUT2D eigenvalue weighted by atomic mass is 10.0. The van der Waals surface area contributed by atoms with E-state index in [0.29, 0.717) is 18.9 Å². The van der Waals surface area contributed by atoms with Crippen LogP contribution < -0.4 is 4.74 Å². The van der Waals surface area contributed by atoms with Crippen molar-refractivity contribution in [3.05, 3.63) is 47.5 Å². The van der Waals surface area contributed by atoms with Crippen LogP contribution in [0.25, 0.3) is 0 Å². The van der Waals surface area contributed by atoms with E-state index in [0.717, 1.165) is 38.2 Å². The number of morpholine rings is 1. The summed E-state index contributed by atoms with van der Waals surface area (Å²) in [4.78, 5) is 16.9. The van der Waals surface area contributed by atoms with Gasteiger partial charge in [0.1, 0.15) is 30.9 Å². The number of hydrogen-bond acceptors (Lipinski definition) is 5. The van der Waals surface area contributed by atoms with Crippen LogP contribution in [-0.2, 0) is 23.1 Å². The van der Waals surface area contributed by atoms with Crippen LogP contribution in [-0.4, -0.2) is 70.5 Å². The van der Waals surface area contributed by atoms with Gasteiger partial charge in [0, 0.05) is 44.5 Å². The van der Waals surface area contributed by atoms with E-state index in [-0.39, 0.29) is 30.5 Å². The van der Waals surface area contributed by atoms with Crippen LogP contribution in [0.2, 0.25) is 0 Å². The number of aromatic nitrogens is 2. The molecule has 2 aliphatic heterocycles. The van der Waals surface area contributed by atoms with Gasteiger partial charge in [-0.15, -0.1) is 0 Å². The Balaban J connectivity index is 1.27. The van der Waals surface area contributed by atoms with E-state index in [2.05, 4.69) is 16.2 Å². The zero-order valence-corrected chi connectivity index (χ0v) is 17.6. The van der Waals surface area contributed by atoms with Crippen molar-refractivity contribution in [3.8, 4) is 5.75 Å². The quantitative estimate of drug-likeness (QED) is 0.722. The number of benzene rings is 1. The van der Waals surface area contributed by atoms with Gasteiger partial charge in [-0.2, -0.15) is 5.10 Å². The average Bonchev–Trinajstić information content (AvgIpc) is 3.06. The molecule has 0 radical (unpaired) electrons. The molecule has 1 aromatic heterocycles. The molecule has 1 aromatic carbocycles. The number of nitrogens with zero attached hydrogens (tertiary/aromatic N) is 4. The molecule has 30 heavy (non-hydrogen) atoms. The van der Waals surface area contributed by atoms with Crippen LogP contribution in [0.15, 0.2) is 30.5 Å². The number of halogens is 1. The fourth-order valence-corrected chi connectivity index (χ4v) is 4.25. The molecule has 1 atom stereocenters. The number of rotatable bonds is 6. The summed E-state index contributed by atoms with van der Waals surface area (Å²) < 4.78 is 26.3. The lowest BCUT2D eigenvalue weighted by Gasteiger charge is -2.42. The maximum Gasteiger partial charge on any atom is 0.248 e. The first-order chi connectivity index (χ1) is 14.5. The predicted octanol–water partition coefficient (Wildman–Crippen LogP) is 2.14. The topological polar surface area (TPSA) is 59.8 Å². The second-order valence-corrected chi connectivity index (χ2v) is 8.16. The molecular weight excluding hydrogens is 387 g/mol. The Bertz CT molecular complexity index is 862. The first-order valence-electron chi connectivity index (χ1n) is 10.5. The summed E-state index contributed by atoms with van der Waals surface area (Å²) in [5.41, 5.74) is 2.34. The van der Waals surface area contributed by atoms with Gasteiger partial charge in [-0.25, -0.2) is 4.39 Å². The van der Waals surface area contributed by atoms with E-state index in [4.69, 9.17) is 9.47 Å². The molecule has 2 fully saturated rings. The molecule has 162 valence electrons. The van der Waals surface area contributed by atoms with E-state index >= 15 is 0 Å². The van der Waals surface area contributed by atoms with Crippen LogP contribution in [0.3, 0.4) is 0 Å². The highest BCUT2D eigenvalue weighted by Gasteiger charge is 2.34. The Morgan fingerprint density at radius 3 is 2.63 bits per heavy atom. The number of hydrogen-bond donors (Lipinski definition) is 0. The molecule has 0 saturated carbocycles. The zero-order chi connectivity index (χ0) is 21.1. The predicted molar refractivity (Wildman–Crippen MR) is 110 cm³/mol. The van der Waals surface area contributed by atoms with Crippen molar-refractivity contribution >= 4 is 5.91 Å². The number of likely N-dealkylation sites (tertiary alicyclic amines) is 1. The Labute approximate surface area is 176 Å². The Kier molecular flexibility index (Phi) is 6.34. The summed E-state index contributed by atoms with van der Waals surface area (Å²) >= 11 is 0. The highest BCUT2D eigenvalue weighted by molar-refractivity contribution is 5.78. The van der Waals surface area contributed by atoms with Crippen molar-refractivity contribution in [3.63, 3.8) is 0 Å². The van der Waals surface area contributed by atoms with Crippen LogP contribution in [0.4, 0.5) is 4.39 Å². The van der Waals surface area contributed by atoms with Gasteiger partial charge in [0.25, 0.3) is 0 Å². The fraction of sp³-hybridized carbons (Fsp3) is 0.545. The van der Waals surface area contributed by atoms with Gasteiger partial charge in [0.15, 0.2) is 0 Å². The van der Waals surface area contributed by atoms with Gasteiger partial charge in [-0.05, 0) is 44.0 Å². The zero-order valence-electron chi connectivity index (χ0n) is 17.6. The molecule has 4 rings (SSSR count). The van der Waals surface area contributed by atoms with E-state index in [1.165, 1.54) is 17.7 Å². The summed E-state index contributed by atoms with van der Waals surface area (Å²) in [6.07, 6.45) is 3.81. The minimum Gasteiger partial charge on any atom is -0.491 e. The number of amides is 1. The van der Waals surface area contributed by atoms with E-state index in [1.54, 1.807) is 12.1 Å². The SMILES string of the molecule is Cc1nn(C)cc1CN1CCC(N2C[C@@H](COc3ccc(F)cc3)OCC2=O)CC1. The van der Waals surface area contributed by atoms with Crippen LogP contribution >= 0.6 is 0 Å². The molecular formula is C22H29FN4O3. The lowest BCUT2D eigenvalue weighted by Crippen LogP contribution is -2.55. The first kappa shape index (κ1) is 20.8. The molecule has 2 aliphatic rings. The highest BCUT2D eigenvalue weighted by atomic mass is 19.1. The summed E-state index contributed by atoms with van der Waals surface area (Å²) in [5, 5.41) is 4.42. The third-order valence-corrected chi connectivity index (χ3v) is 5.92. The van der Waals surface area contributed by atoms with Gasteiger partial charge in [-0.3, -0.25) is 14.4 Å². The average molecular weight is 416 g/mol. The molecule has 1 amide bonds. The molecule has 3 heterocycles. The number of ether oxygens (including phenoxy) is 2. The van der Waals surface area contributed by atoms with Crippen LogP contribution in [0.5, 0.6) is 5.75 Å². The van der Waals surface area contributed by atoms with Crippen molar-refractivity contribution < 1.29 is 18.7 Å². The summed E-state index contributed by atoms with van der Waals surface area (Å²) in [5.74, 6) is 0.357. The highest BCUT2D eigenvalue weighted by Crippen LogP contribution is 2.22. The van der Waals surface area contributed by atoms with E-state index in [9.17, 15) is 9.18 Å². The largest absolute Gasteiger partial charge is 0.491 e. The fourth-order valence-electron chi connectivity index (χ4n) is 4.25. The van der Waals surface area contributed by atoms with E-state index in [1.807, 2.05) is 23.6 Å². The van der Waals surface area contributed by atoms with Crippen LogP contribution in [0, 0.1) is 12.7 Å². The maximum atomic E-state index is 13.0. The second kappa shape index (κ2) is 9.14. The number of piperidine rings is 1. The minimum atomic E-state index is -0.293. The molecule has 2 saturated heterocycles. The third kappa shape index (κ3) is 4.99.